The van der Waals surface area contributed by atoms with Gasteiger partial charge in [0.15, 0.2) is 0 Å². The predicted octanol–water partition coefficient (Wildman–Crippen LogP) is 1.98. The Morgan fingerprint density at radius 1 is 1.17 bits per heavy atom. The average Bonchev–Trinajstić information content (AvgIpc) is 2.52. The lowest BCUT2D eigenvalue weighted by Gasteiger charge is -2.13. The van der Waals surface area contributed by atoms with Crippen molar-refractivity contribution in [1.82, 2.24) is 5.32 Å². The Labute approximate surface area is 146 Å². The number of sulfonamides is 1. The average molecular weight is 368 g/mol. The molecule has 0 fully saturated rings. The molecular formula is C16H18ClN3O3S. The Kier molecular flexibility index (Phi) is 5.48. The topological polar surface area (TPSA) is 92.5 Å². The molecule has 2 rings (SSSR count). The molecule has 0 heterocycles. The Bertz CT molecular complexity index is 849. The molecule has 0 saturated carbocycles. The van der Waals surface area contributed by atoms with E-state index >= 15 is 0 Å². The van der Waals surface area contributed by atoms with Crippen molar-refractivity contribution in [2.75, 3.05) is 19.0 Å². The molecule has 24 heavy (non-hydrogen) atoms. The van der Waals surface area contributed by atoms with Crippen molar-refractivity contribution in [2.24, 2.45) is 5.14 Å². The van der Waals surface area contributed by atoms with E-state index in [4.69, 9.17) is 16.7 Å². The highest BCUT2D eigenvalue weighted by Gasteiger charge is 2.16. The highest BCUT2D eigenvalue weighted by Crippen LogP contribution is 2.21. The zero-order chi connectivity index (χ0) is 17.9. The maximum atomic E-state index is 12.2. The summed E-state index contributed by atoms with van der Waals surface area (Å²) < 4.78 is 22.9. The van der Waals surface area contributed by atoms with Crippen LogP contribution in [0.25, 0.3) is 0 Å². The van der Waals surface area contributed by atoms with Crippen LogP contribution in [0.4, 0.5) is 5.69 Å². The molecule has 8 heteroatoms. The minimum Gasteiger partial charge on any atom is -0.378 e. The molecule has 128 valence electrons. The molecule has 2 aromatic rings. The number of benzene rings is 2. The number of carbonyl (C=O) groups excluding carboxylic acids is 1. The third-order valence-electron chi connectivity index (χ3n) is 3.41. The number of halogens is 1. The fraction of sp³-hybridized carbons (Fsp3) is 0.188. The van der Waals surface area contributed by atoms with Crippen LogP contribution in [0, 0.1) is 0 Å². The summed E-state index contributed by atoms with van der Waals surface area (Å²) in [5, 5.41) is 7.79. The molecule has 0 aliphatic heterocycles. The number of amides is 1. The molecule has 0 aliphatic rings. The van der Waals surface area contributed by atoms with E-state index in [1.165, 1.54) is 18.2 Å². The molecule has 6 nitrogen and oxygen atoms in total. The molecule has 1 amide bonds. The Hall–Kier alpha value is -2.09. The number of nitrogens with zero attached hydrogens (tertiary/aromatic N) is 1. The van der Waals surface area contributed by atoms with Crippen molar-refractivity contribution >= 4 is 33.2 Å². The van der Waals surface area contributed by atoms with Gasteiger partial charge in [-0.1, -0.05) is 23.7 Å². The summed E-state index contributed by atoms with van der Waals surface area (Å²) in [4.78, 5) is 13.9. The van der Waals surface area contributed by atoms with Crippen molar-refractivity contribution < 1.29 is 13.2 Å². The largest absolute Gasteiger partial charge is 0.378 e. The first-order valence-electron chi connectivity index (χ1n) is 7.05. The van der Waals surface area contributed by atoms with Gasteiger partial charge in [0.05, 0.1) is 5.02 Å². The predicted molar refractivity (Wildman–Crippen MR) is 94.8 cm³/mol. The van der Waals surface area contributed by atoms with E-state index in [0.717, 1.165) is 11.3 Å². The number of anilines is 1. The van der Waals surface area contributed by atoms with Gasteiger partial charge < -0.3 is 10.2 Å². The highest BCUT2D eigenvalue weighted by molar-refractivity contribution is 7.89. The van der Waals surface area contributed by atoms with E-state index in [-0.39, 0.29) is 15.5 Å². The van der Waals surface area contributed by atoms with Gasteiger partial charge in [0, 0.05) is 31.9 Å². The molecular weight excluding hydrogens is 350 g/mol. The third kappa shape index (κ3) is 4.47. The van der Waals surface area contributed by atoms with E-state index in [1.807, 2.05) is 43.3 Å². The van der Waals surface area contributed by atoms with Gasteiger partial charge in [-0.2, -0.15) is 0 Å². The van der Waals surface area contributed by atoms with Gasteiger partial charge in [-0.15, -0.1) is 0 Å². The van der Waals surface area contributed by atoms with E-state index in [1.54, 1.807) is 0 Å². The fourth-order valence-electron chi connectivity index (χ4n) is 2.06. The first-order chi connectivity index (χ1) is 11.2. The van der Waals surface area contributed by atoms with Gasteiger partial charge in [0.2, 0.25) is 10.0 Å². The van der Waals surface area contributed by atoms with Crippen LogP contribution in [-0.4, -0.2) is 28.4 Å². The zero-order valence-corrected chi connectivity index (χ0v) is 14.9. The molecule has 0 aliphatic carbocycles. The summed E-state index contributed by atoms with van der Waals surface area (Å²) in [6.07, 6.45) is 0. The third-order valence-corrected chi connectivity index (χ3v) is 4.80. The summed E-state index contributed by atoms with van der Waals surface area (Å²) in [5.74, 6) is -0.409. The fourth-order valence-corrected chi connectivity index (χ4v) is 3.13. The van der Waals surface area contributed by atoms with Crippen molar-refractivity contribution in [1.29, 1.82) is 0 Å². The van der Waals surface area contributed by atoms with E-state index in [2.05, 4.69) is 5.32 Å². The van der Waals surface area contributed by atoms with Crippen LogP contribution >= 0.6 is 11.6 Å². The Balaban J connectivity index is 2.10. The molecule has 0 unspecified atom stereocenters. The standard InChI is InChI=1S/C16H18ClN3O3S/c1-20(2)13-6-3-11(4-7-13)10-19-16(21)12-5-8-14(17)15(9-12)24(18,22)23/h3-9H,10H2,1-2H3,(H,19,21)(H2,18,22,23). The number of nitrogens with one attached hydrogen (secondary N) is 1. The molecule has 0 bridgehead atoms. The summed E-state index contributed by atoms with van der Waals surface area (Å²) in [6.45, 7) is 0.319. The summed E-state index contributed by atoms with van der Waals surface area (Å²) in [7, 11) is -0.0965. The summed E-state index contributed by atoms with van der Waals surface area (Å²) in [5.41, 5.74) is 2.16. The van der Waals surface area contributed by atoms with Crippen LogP contribution in [-0.2, 0) is 16.6 Å². The number of nitrogens with two attached hydrogens (primary N) is 1. The molecule has 0 atom stereocenters. The van der Waals surface area contributed by atoms with E-state index < -0.39 is 15.9 Å². The SMILES string of the molecule is CN(C)c1ccc(CNC(=O)c2ccc(Cl)c(S(N)(=O)=O)c2)cc1. The second-order valence-corrected chi connectivity index (χ2v) is 7.37. The number of carbonyl (C=O) groups is 1. The second-order valence-electron chi connectivity index (χ2n) is 5.43. The number of rotatable bonds is 5. The Morgan fingerprint density at radius 2 is 1.79 bits per heavy atom. The van der Waals surface area contributed by atoms with Crippen molar-refractivity contribution in [3.8, 4) is 0 Å². The summed E-state index contributed by atoms with van der Waals surface area (Å²) in [6, 6.07) is 11.7. The van der Waals surface area contributed by atoms with Crippen LogP contribution < -0.4 is 15.4 Å². The van der Waals surface area contributed by atoms with E-state index in [9.17, 15) is 13.2 Å². The first-order valence-corrected chi connectivity index (χ1v) is 8.98. The minimum atomic E-state index is -3.99. The number of hydrogen-bond acceptors (Lipinski definition) is 4. The normalized spacial score (nSPS) is 11.2. The van der Waals surface area contributed by atoms with E-state index in [0.29, 0.717) is 6.54 Å². The van der Waals surface area contributed by atoms with Gasteiger partial charge in [-0.25, -0.2) is 13.6 Å². The van der Waals surface area contributed by atoms with Crippen LogP contribution in [0.2, 0.25) is 5.02 Å². The van der Waals surface area contributed by atoms with Crippen LogP contribution in [0.3, 0.4) is 0 Å². The molecule has 0 radical (unpaired) electrons. The van der Waals surface area contributed by atoms with Gasteiger partial charge in [-0.3, -0.25) is 4.79 Å². The van der Waals surface area contributed by atoms with Gasteiger partial charge in [0.25, 0.3) is 5.91 Å². The van der Waals surface area contributed by atoms with Crippen LogP contribution in [0.15, 0.2) is 47.4 Å². The zero-order valence-electron chi connectivity index (χ0n) is 13.3. The molecule has 0 spiro atoms. The number of primary sulfonamides is 1. The lowest BCUT2D eigenvalue weighted by molar-refractivity contribution is 0.0950. The van der Waals surface area contributed by atoms with Crippen molar-refractivity contribution in [2.45, 2.75) is 11.4 Å². The van der Waals surface area contributed by atoms with Gasteiger partial charge in [-0.05, 0) is 35.9 Å². The summed E-state index contributed by atoms with van der Waals surface area (Å²) >= 11 is 5.80. The lowest BCUT2D eigenvalue weighted by atomic mass is 10.1. The molecule has 3 N–H and O–H groups in total. The maximum absolute atomic E-state index is 12.2. The molecule has 2 aromatic carbocycles. The smallest absolute Gasteiger partial charge is 0.251 e. The highest BCUT2D eigenvalue weighted by atomic mass is 35.5. The van der Waals surface area contributed by atoms with Gasteiger partial charge >= 0.3 is 0 Å². The first kappa shape index (κ1) is 18.3. The van der Waals surface area contributed by atoms with Crippen LogP contribution in [0.5, 0.6) is 0 Å². The monoisotopic (exact) mass is 367 g/mol. The Morgan fingerprint density at radius 3 is 2.33 bits per heavy atom. The van der Waals surface area contributed by atoms with Crippen LogP contribution in [0.1, 0.15) is 15.9 Å². The molecule has 0 saturated heterocycles. The molecule has 0 aromatic heterocycles. The van der Waals surface area contributed by atoms with Crippen molar-refractivity contribution in [3.05, 3.63) is 58.6 Å². The second kappa shape index (κ2) is 7.21. The van der Waals surface area contributed by atoms with Crippen molar-refractivity contribution in [3.63, 3.8) is 0 Å². The lowest BCUT2D eigenvalue weighted by Crippen LogP contribution is -2.23. The minimum absolute atomic E-state index is 0.0201. The quantitative estimate of drug-likeness (QED) is 0.845. The maximum Gasteiger partial charge on any atom is 0.251 e. The van der Waals surface area contributed by atoms with Gasteiger partial charge in [0.1, 0.15) is 4.90 Å². The number of hydrogen-bond donors (Lipinski definition) is 2.